The Balaban J connectivity index is 1.91. The van der Waals surface area contributed by atoms with Crippen LogP contribution in [0.5, 0.6) is 5.75 Å². The number of hydrogen-bond donors (Lipinski definition) is 2. The molecule has 3 rings (SSSR count). The largest absolute Gasteiger partial charge is 0.423 e. The highest BCUT2D eigenvalue weighted by molar-refractivity contribution is 7.90. The molecule has 0 unspecified atom stereocenters. The Labute approximate surface area is 167 Å². The lowest BCUT2D eigenvalue weighted by Gasteiger charge is -2.09. The number of nitriles is 1. The molecule has 29 heavy (non-hydrogen) atoms. The zero-order valence-electron chi connectivity index (χ0n) is 15.2. The van der Waals surface area contributed by atoms with Crippen molar-refractivity contribution >= 4 is 33.3 Å². The molecule has 0 radical (unpaired) electrons. The van der Waals surface area contributed by atoms with Crippen LogP contribution in [0.1, 0.15) is 12.5 Å². The summed E-state index contributed by atoms with van der Waals surface area (Å²) in [5.74, 6) is -1.26. The highest BCUT2D eigenvalue weighted by Gasteiger charge is 2.33. The van der Waals surface area contributed by atoms with Crippen LogP contribution in [-0.4, -0.2) is 20.3 Å². The number of benzene rings is 2. The lowest BCUT2D eigenvalue weighted by Crippen LogP contribution is -2.20. The molecule has 1 heterocycles. The zero-order chi connectivity index (χ0) is 21.2. The van der Waals surface area contributed by atoms with Gasteiger partial charge >= 0.3 is 5.97 Å². The molecule has 146 valence electrons. The van der Waals surface area contributed by atoms with Gasteiger partial charge in [0.25, 0.3) is 15.9 Å². The average molecular weight is 409 g/mol. The lowest BCUT2D eigenvalue weighted by molar-refractivity contribution is -0.130. The van der Waals surface area contributed by atoms with Gasteiger partial charge in [-0.25, -0.2) is 13.2 Å². The minimum Gasteiger partial charge on any atom is -0.423 e. The molecule has 2 aromatic rings. The second-order valence-corrected chi connectivity index (χ2v) is 7.77. The number of sulfonamides is 1. The third kappa shape index (κ3) is 4.02. The van der Waals surface area contributed by atoms with Crippen molar-refractivity contribution in [3.05, 3.63) is 71.8 Å². The molecule has 2 N–H and O–H groups in total. The van der Waals surface area contributed by atoms with Gasteiger partial charge in [-0.3, -0.25) is 9.52 Å². The molecule has 2 aromatic carbocycles. The summed E-state index contributed by atoms with van der Waals surface area (Å²) in [7, 11) is -3.85. The van der Waals surface area contributed by atoms with Gasteiger partial charge < -0.3 is 10.1 Å². The predicted octanol–water partition coefficient (Wildman–Crippen LogP) is 2.33. The van der Waals surface area contributed by atoms with Crippen molar-refractivity contribution in [3.8, 4) is 11.8 Å². The van der Waals surface area contributed by atoms with Crippen molar-refractivity contribution in [1.29, 1.82) is 5.26 Å². The molecule has 0 spiro atoms. The highest BCUT2D eigenvalue weighted by Crippen LogP contribution is 2.32. The van der Waals surface area contributed by atoms with Gasteiger partial charge in [0.15, 0.2) is 0 Å². The lowest BCUT2D eigenvalue weighted by atomic mass is 10.1. The number of amides is 1. The van der Waals surface area contributed by atoms with Crippen LogP contribution in [-0.2, 0) is 19.6 Å². The SMILES string of the molecule is C=C(C)C(=O)Oc1cccc(NC(=O)C(C#N)=C2NS(=O)(=O)c3ccccc32)c1. The standard InChI is InChI=1S/C20H15N3O5S/c1-12(2)20(25)28-14-7-5-6-13(10-14)22-19(24)16(11-21)18-15-8-3-4-9-17(15)29(26,27)23-18/h3-10,23H,1H2,2H3,(H,22,24). The number of ether oxygens (including phenoxy) is 1. The van der Waals surface area contributed by atoms with E-state index in [0.29, 0.717) is 0 Å². The van der Waals surface area contributed by atoms with Gasteiger partial charge in [-0.15, -0.1) is 0 Å². The van der Waals surface area contributed by atoms with Crippen molar-refractivity contribution in [2.75, 3.05) is 5.32 Å². The number of fused-ring (bicyclic) bond motifs is 1. The zero-order valence-corrected chi connectivity index (χ0v) is 16.0. The van der Waals surface area contributed by atoms with Crippen molar-refractivity contribution < 1.29 is 22.7 Å². The summed E-state index contributed by atoms with van der Waals surface area (Å²) in [4.78, 5) is 24.3. The second kappa shape index (κ2) is 7.61. The Morgan fingerprint density at radius 2 is 1.90 bits per heavy atom. The molecular weight excluding hydrogens is 394 g/mol. The quantitative estimate of drug-likeness (QED) is 0.346. The van der Waals surface area contributed by atoms with Crippen LogP contribution in [0.4, 0.5) is 5.69 Å². The molecule has 1 aliphatic heterocycles. The van der Waals surface area contributed by atoms with Crippen molar-refractivity contribution in [3.63, 3.8) is 0 Å². The minimum absolute atomic E-state index is 0.00995. The van der Waals surface area contributed by atoms with Gasteiger partial charge in [0.05, 0.1) is 10.6 Å². The molecule has 0 saturated heterocycles. The summed E-state index contributed by atoms with van der Waals surface area (Å²) in [6, 6.07) is 13.8. The molecule has 9 heteroatoms. The van der Waals surface area contributed by atoms with Gasteiger partial charge in [0, 0.05) is 22.9 Å². The number of hydrogen-bond acceptors (Lipinski definition) is 6. The first-order chi connectivity index (χ1) is 13.7. The number of nitrogens with one attached hydrogen (secondary N) is 2. The van der Waals surface area contributed by atoms with Crippen molar-refractivity contribution in [1.82, 2.24) is 4.72 Å². The summed E-state index contributed by atoms with van der Waals surface area (Å²) in [5.41, 5.74) is 0.212. The summed E-state index contributed by atoms with van der Waals surface area (Å²) in [5, 5.41) is 12.0. The Morgan fingerprint density at radius 1 is 1.17 bits per heavy atom. The van der Waals surface area contributed by atoms with Gasteiger partial charge in [0.2, 0.25) is 0 Å². The molecule has 0 aliphatic carbocycles. The molecule has 1 aliphatic rings. The topological polar surface area (TPSA) is 125 Å². The van der Waals surface area contributed by atoms with Gasteiger partial charge in [0.1, 0.15) is 17.4 Å². The normalized spacial score (nSPS) is 15.3. The van der Waals surface area contributed by atoms with Crippen LogP contribution < -0.4 is 14.8 Å². The van der Waals surface area contributed by atoms with Crippen LogP contribution in [0.3, 0.4) is 0 Å². The van der Waals surface area contributed by atoms with E-state index in [9.17, 15) is 23.3 Å². The van der Waals surface area contributed by atoms with E-state index < -0.39 is 27.5 Å². The maximum atomic E-state index is 12.6. The number of carbonyl (C=O) groups excluding carboxylic acids is 2. The van der Waals surface area contributed by atoms with Crippen molar-refractivity contribution in [2.45, 2.75) is 11.8 Å². The smallest absolute Gasteiger partial charge is 0.338 e. The Bertz CT molecular complexity index is 1220. The monoisotopic (exact) mass is 409 g/mol. The Hall–Kier alpha value is -3.90. The van der Waals surface area contributed by atoms with Crippen LogP contribution >= 0.6 is 0 Å². The Kier molecular flexibility index (Phi) is 5.21. The first-order valence-electron chi connectivity index (χ1n) is 8.28. The van der Waals surface area contributed by atoms with E-state index in [0.717, 1.165) is 0 Å². The van der Waals surface area contributed by atoms with E-state index >= 15 is 0 Å². The molecule has 0 fully saturated rings. The number of anilines is 1. The minimum atomic E-state index is -3.85. The maximum absolute atomic E-state index is 12.6. The van der Waals surface area contributed by atoms with E-state index in [-0.39, 0.29) is 33.2 Å². The molecule has 0 atom stereocenters. The molecule has 8 nitrogen and oxygen atoms in total. The molecule has 0 aromatic heterocycles. The Morgan fingerprint density at radius 3 is 2.59 bits per heavy atom. The third-order valence-corrected chi connectivity index (χ3v) is 5.33. The summed E-state index contributed by atoms with van der Waals surface area (Å²) in [6.07, 6.45) is 0. The van der Waals surface area contributed by atoms with Crippen LogP contribution in [0.25, 0.3) is 5.70 Å². The number of rotatable bonds is 4. The van der Waals surface area contributed by atoms with Gasteiger partial charge in [-0.1, -0.05) is 30.8 Å². The summed E-state index contributed by atoms with van der Waals surface area (Å²) in [6.45, 7) is 4.99. The van der Waals surface area contributed by atoms with Crippen LogP contribution in [0.15, 0.2) is 71.2 Å². The summed E-state index contributed by atoms with van der Waals surface area (Å²) >= 11 is 0. The van der Waals surface area contributed by atoms with E-state index in [2.05, 4.69) is 16.6 Å². The van der Waals surface area contributed by atoms with Gasteiger partial charge in [-0.2, -0.15) is 5.26 Å². The maximum Gasteiger partial charge on any atom is 0.338 e. The molecule has 0 bridgehead atoms. The fourth-order valence-electron chi connectivity index (χ4n) is 2.58. The van der Waals surface area contributed by atoms with E-state index in [1.54, 1.807) is 24.3 Å². The molecule has 0 saturated carbocycles. The van der Waals surface area contributed by atoms with E-state index in [1.165, 1.54) is 37.3 Å². The summed E-state index contributed by atoms with van der Waals surface area (Å²) < 4.78 is 31.8. The fraction of sp³-hybridized carbons (Fsp3) is 0.0500. The third-order valence-electron chi connectivity index (χ3n) is 3.92. The molecule has 1 amide bonds. The van der Waals surface area contributed by atoms with E-state index in [1.807, 2.05) is 0 Å². The van der Waals surface area contributed by atoms with Crippen LogP contribution in [0, 0.1) is 11.3 Å². The molecular formula is C20H15N3O5S. The number of esters is 1. The number of carbonyl (C=O) groups is 2. The van der Waals surface area contributed by atoms with Gasteiger partial charge in [-0.05, 0) is 25.1 Å². The first-order valence-corrected chi connectivity index (χ1v) is 9.77. The first kappa shape index (κ1) is 19.9. The fourth-order valence-corrected chi connectivity index (χ4v) is 3.89. The average Bonchev–Trinajstić information content (AvgIpc) is 2.94. The number of nitrogens with zero attached hydrogens (tertiary/aromatic N) is 1. The van der Waals surface area contributed by atoms with Crippen LogP contribution in [0.2, 0.25) is 0 Å². The second-order valence-electron chi connectivity index (χ2n) is 6.12. The predicted molar refractivity (Wildman–Crippen MR) is 105 cm³/mol. The van der Waals surface area contributed by atoms with Crippen molar-refractivity contribution in [2.24, 2.45) is 0 Å². The highest BCUT2D eigenvalue weighted by atomic mass is 32.2. The van der Waals surface area contributed by atoms with E-state index in [4.69, 9.17) is 4.74 Å².